The number of fused-ring (bicyclic) bond motifs is 2. The summed E-state index contributed by atoms with van der Waals surface area (Å²) in [4.78, 5) is 25.5. The molecule has 224 valence electrons. The maximum Gasteiger partial charge on any atom is 0.354 e. The summed E-state index contributed by atoms with van der Waals surface area (Å²) in [7, 11) is 0. The summed E-state index contributed by atoms with van der Waals surface area (Å²) >= 11 is 5.96. The standard InChI is InChI=1S/C31H31ClFN5O5/c1-18-14-37(25-3-2-4-26-29(25)43-27(17-42-26)21-6-5-19(32)13-22(21)33)11-10-36(18)16-28-34-23-7-8-24(31(39)40)35-30(23)38(28)15-20-9-12-41-20/h2-8,13,18,20,27H,9-12,14-17H2,1H3,(H,39,40)/t18-,20-,27-/m0/s1. The summed E-state index contributed by atoms with van der Waals surface area (Å²) in [6, 6.07) is 13.8. The van der Waals surface area contributed by atoms with Crippen LogP contribution >= 0.6 is 11.6 Å². The number of aromatic carboxylic acids is 1. The molecule has 0 radical (unpaired) electrons. The van der Waals surface area contributed by atoms with Crippen molar-refractivity contribution in [2.24, 2.45) is 0 Å². The van der Waals surface area contributed by atoms with E-state index in [0.29, 0.717) is 46.3 Å². The molecular weight excluding hydrogens is 577 g/mol. The van der Waals surface area contributed by atoms with E-state index in [1.54, 1.807) is 18.2 Å². The topological polar surface area (TPSA) is 102 Å². The Balaban J connectivity index is 1.10. The number of carboxylic acids is 1. The summed E-state index contributed by atoms with van der Waals surface area (Å²) in [6.45, 7) is 6.50. The lowest BCUT2D eigenvalue weighted by Gasteiger charge is -2.42. The van der Waals surface area contributed by atoms with Gasteiger partial charge in [0.25, 0.3) is 0 Å². The summed E-state index contributed by atoms with van der Waals surface area (Å²) in [5.74, 6) is 0.591. The van der Waals surface area contributed by atoms with Crippen LogP contribution in [0.1, 0.15) is 41.3 Å². The number of carboxylic acid groups (broad SMARTS) is 1. The highest BCUT2D eigenvalue weighted by atomic mass is 35.5. The third-order valence-electron chi connectivity index (χ3n) is 8.44. The molecule has 5 heterocycles. The Labute approximate surface area is 252 Å². The number of hydrogen-bond acceptors (Lipinski definition) is 8. The predicted molar refractivity (Wildman–Crippen MR) is 158 cm³/mol. The zero-order valence-corrected chi connectivity index (χ0v) is 24.3. The molecule has 43 heavy (non-hydrogen) atoms. The van der Waals surface area contributed by atoms with Crippen LogP contribution in [0.2, 0.25) is 5.02 Å². The summed E-state index contributed by atoms with van der Waals surface area (Å²) in [5.41, 5.74) is 2.54. The molecule has 3 aliphatic heterocycles. The van der Waals surface area contributed by atoms with Crippen LogP contribution in [0.25, 0.3) is 11.2 Å². The molecule has 2 saturated heterocycles. The van der Waals surface area contributed by atoms with E-state index < -0.39 is 17.9 Å². The number of aromatic nitrogens is 3. The Kier molecular flexibility index (Phi) is 7.32. The highest BCUT2D eigenvalue weighted by Crippen LogP contribution is 2.44. The van der Waals surface area contributed by atoms with Crippen molar-refractivity contribution in [1.29, 1.82) is 0 Å². The fourth-order valence-corrected chi connectivity index (χ4v) is 6.14. The number of rotatable bonds is 7. The number of benzene rings is 2. The van der Waals surface area contributed by atoms with E-state index in [2.05, 4.69) is 21.7 Å². The minimum atomic E-state index is -1.07. The maximum atomic E-state index is 14.7. The fraction of sp³-hybridized carbons (Fsp3) is 0.387. The van der Waals surface area contributed by atoms with E-state index in [1.165, 1.54) is 12.1 Å². The van der Waals surface area contributed by atoms with Gasteiger partial charge in [0.2, 0.25) is 0 Å². The third kappa shape index (κ3) is 5.37. The maximum absolute atomic E-state index is 14.7. The first kappa shape index (κ1) is 27.9. The molecule has 0 spiro atoms. The molecule has 3 atom stereocenters. The van der Waals surface area contributed by atoms with Gasteiger partial charge in [0.15, 0.2) is 28.9 Å². The van der Waals surface area contributed by atoms with Crippen molar-refractivity contribution < 1.29 is 28.5 Å². The van der Waals surface area contributed by atoms with E-state index in [1.807, 2.05) is 22.8 Å². The van der Waals surface area contributed by atoms with Gasteiger partial charge in [-0.15, -0.1) is 0 Å². The van der Waals surface area contributed by atoms with Crippen LogP contribution in [0.4, 0.5) is 10.1 Å². The van der Waals surface area contributed by atoms with Crippen LogP contribution in [-0.4, -0.2) is 75.5 Å². The van der Waals surface area contributed by atoms with E-state index in [9.17, 15) is 14.3 Å². The second-order valence-corrected chi connectivity index (χ2v) is 11.7. The van der Waals surface area contributed by atoms with Gasteiger partial charge in [0, 0.05) is 42.9 Å². The molecule has 0 unspecified atom stereocenters. The van der Waals surface area contributed by atoms with Crippen LogP contribution in [0.15, 0.2) is 48.5 Å². The van der Waals surface area contributed by atoms with Crippen LogP contribution in [0.3, 0.4) is 0 Å². The fourth-order valence-electron chi connectivity index (χ4n) is 5.99. The second kappa shape index (κ2) is 11.3. The van der Waals surface area contributed by atoms with Crippen molar-refractivity contribution in [2.45, 2.75) is 44.7 Å². The predicted octanol–water partition coefficient (Wildman–Crippen LogP) is 4.93. The minimum Gasteiger partial charge on any atom is -0.485 e. The Morgan fingerprint density at radius 3 is 2.77 bits per heavy atom. The van der Waals surface area contributed by atoms with E-state index >= 15 is 0 Å². The molecule has 12 heteroatoms. The second-order valence-electron chi connectivity index (χ2n) is 11.2. The van der Waals surface area contributed by atoms with Crippen LogP contribution in [0.5, 0.6) is 11.5 Å². The Bertz CT molecular complexity index is 1690. The Hall–Kier alpha value is -3.93. The Morgan fingerprint density at radius 1 is 1.16 bits per heavy atom. The molecule has 4 aromatic rings. The number of hydrogen-bond donors (Lipinski definition) is 1. The average Bonchev–Trinajstić information content (AvgIpc) is 3.31. The highest BCUT2D eigenvalue weighted by molar-refractivity contribution is 6.30. The van der Waals surface area contributed by atoms with Gasteiger partial charge in [-0.3, -0.25) is 4.90 Å². The van der Waals surface area contributed by atoms with Crippen molar-refractivity contribution >= 4 is 34.4 Å². The molecule has 0 amide bonds. The summed E-state index contributed by atoms with van der Waals surface area (Å²) in [5, 5.41) is 9.83. The molecule has 7 rings (SSSR count). The SMILES string of the molecule is C[C@H]1CN(c2cccc3c2O[C@H](c2ccc(Cl)cc2F)CO3)CCN1Cc1nc2ccc(C(=O)O)nc2n1C[C@@H]1CCO1. The molecule has 1 N–H and O–H groups in total. The third-order valence-corrected chi connectivity index (χ3v) is 8.67. The van der Waals surface area contributed by atoms with E-state index in [4.69, 9.17) is 30.8 Å². The number of piperazine rings is 1. The number of pyridine rings is 1. The number of para-hydroxylation sites is 1. The van der Waals surface area contributed by atoms with Crippen molar-refractivity contribution in [3.63, 3.8) is 0 Å². The quantitative estimate of drug-likeness (QED) is 0.313. The van der Waals surface area contributed by atoms with Gasteiger partial charge in [-0.1, -0.05) is 23.7 Å². The zero-order valence-electron chi connectivity index (χ0n) is 23.6. The largest absolute Gasteiger partial charge is 0.485 e. The van der Waals surface area contributed by atoms with Crippen molar-refractivity contribution in [3.8, 4) is 11.5 Å². The van der Waals surface area contributed by atoms with Crippen LogP contribution in [0, 0.1) is 5.82 Å². The lowest BCUT2D eigenvalue weighted by Crippen LogP contribution is -2.52. The van der Waals surface area contributed by atoms with Crippen LogP contribution < -0.4 is 14.4 Å². The van der Waals surface area contributed by atoms with Crippen LogP contribution in [-0.2, 0) is 17.8 Å². The normalized spacial score (nSPS) is 22.0. The first-order valence-electron chi connectivity index (χ1n) is 14.4. The monoisotopic (exact) mass is 607 g/mol. The molecule has 3 aliphatic rings. The van der Waals surface area contributed by atoms with Gasteiger partial charge in [0.1, 0.15) is 23.8 Å². The molecule has 0 aliphatic carbocycles. The van der Waals surface area contributed by atoms with Gasteiger partial charge in [0.05, 0.1) is 24.9 Å². The van der Waals surface area contributed by atoms with Gasteiger partial charge in [-0.2, -0.15) is 0 Å². The number of nitrogens with zero attached hydrogens (tertiary/aromatic N) is 5. The summed E-state index contributed by atoms with van der Waals surface area (Å²) < 4.78 is 34.8. The minimum absolute atomic E-state index is 0.00450. The van der Waals surface area contributed by atoms with E-state index in [-0.39, 0.29) is 24.4 Å². The lowest BCUT2D eigenvalue weighted by atomic mass is 10.1. The number of carbonyl (C=O) groups is 1. The lowest BCUT2D eigenvalue weighted by molar-refractivity contribution is -0.0593. The first-order chi connectivity index (χ1) is 20.8. The average molecular weight is 608 g/mol. The van der Waals surface area contributed by atoms with Gasteiger partial charge >= 0.3 is 5.97 Å². The van der Waals surface area contributed by atoms with Gasteiger partial charge in [-0.05, 0) is 49.7 Å². The molecule has 10 nitrogen and oxygen atoms in total. The highest BCUT2D eigenvalue weighted by Gasteiger charge is 2.32. The van der Waals surface area contributed by atoms with E-state index in [0.717, 1.165) is 44.2 Å². The Morgan fingerprint density at radius 2 is 2.02 bits per heavy atom. The van der Waals surface area contributed by atoms with Gasteiger partial charge in [-0.25, -0.2) is 19.2 Å². The number of imidazole rings is 1. The number of halogens is 2. The van der Waals surface area contributed by atoms with Crippen molar-refractivity contribution in [3.05, 3.63) is 76.5 Å². The summed E-state index contributed by atoms with van der Waals surface area (Å²) in [6.07, 6.45) is 0.427. The molecule has 2 aromatic carbocycles. The molecule has 0 saturated carbocycles. The molecule has 2 aromatic heterocycles. The molecule has 2 fully saturated rings. The zero-order chi connectivity index (χ0) is 29.7. The first-order valence-corrected chi connectivity index (χ1v) is 14.8. The molecular formula is C31H31ClFN5O5. The molecule has 0 bridgehead atoms. The van der Waals surface area contributed by atoms with Crippen molar-refractivity contribution in [1.82, 2.24) is 19.4 Å². The van der Waals surface area contributed by atoms with Crippen molar-refractivity contribution in [2.75, 3.05) is 37.7 Å². The van der Waals surface area contributed by atoms with Gasteiger partial charge < -0.3 is 28.8 Å². The smallest absolute Gasteiger partial charge is 0.354 e. The number of anilines is 1. The number of ether oxygens (including phenoxy) is 3.